The topological polar surface area (TPSA) is 37.4 Å². The van der Waals surface area contributed by atoms with Gasteiger partial charge in [-0.15, -0.1) is 0 Å². The molecule has 0 spiro atoms. The van der Waals surface area contributed by atoms with Crippen LogP contribution < -0.4 is 0 Å². The minimum atomic E-state index is -4.43. The van der Waals surface area contributed by atoms with E-state index >= 15 is 0 Å². The number of carbonyl (C=O) groups excluding carboxylic acids is 2. The van der Waals surface area contributed by atoms with E-state index in [-0.39, 0.29) is 19.4 Å². The molecule has 3 nitrogen and oxygen atoms in total. The lowest BCUT2D eigenvalue weighted by Crippen LogP contribution is -2.31. The van der Waals surface area contributed by atoms with Gasteiger partial charge in [0.1, 0.15) is 0 Å². The Labute approximate surface area is 113 Å². The number of nitrogens with zero attached hydrogens (tertiary/aromatic N) is 1. The summed E-state index contributed by atoms with van der Waals surface area (Å²) in [5, 5.41) is 0. The van der Waals surface area contributed by atoms with Crippen molar-refractivity contribution in [1.82, 2.24) is 4.90 Å². The summed E-state index contributed by atoms with van der Waals surface area (Å²) in [5.74, 6) is -0.911. The number of hydrogen-bond donors (Lipinski definition) is 0. The van der Waals surface area contributed by atoms with Crippen LogP contribution in [-0.4, -0.2) is 29.4 Å². The zero-order chi connectivity index (χ0) is 14.9. The second kappa shape index (κ2) is 5.11. The molecular formula is C14H12F3NO2. The molecule has 6 heteroatoms. The van der Waals surface area contributed by atoms with Crippen LogP contribution in [0.15, 0.2) is 36.4 Å². The maximum Gasteiger partial charge on any atom is 0.412 e. The SMILES string of the molecule is C=C(CCCN1C(=O)c2ccccc2C1=O)C(F)(F)F. The highest BCUT2D eigenvalue weighted by molar-refractivity contribution is 6.21. The largest absolute Gasteiger partial charge is 0.412 e. The van der Waals surface area contributed by atoms with Crippen molar-refractivity contribution < 1.29 is 22.8 Å². The highest BCUT2D eigenvalue weighted by Gasteiger charge is 2.35. The van der Waals surface area contributed by atoms with Gasteiger partial charge in [-0.25, -0.2) is 0 Å². The number of hydrogen-bond acceptors (Lipinski definition) is 2. The van der Waals surface area contributed by atoms with Gasteiger partial charge in [0.25, 0.3) is 11.8 Å². The number of amides is 2. The van der Waals surface area contributed by atoms with Crippen LogP contribution in [0.3, 0.4) is 0 Å². The molecule has 0 unspecified atom stereocenters. The standard InChI is InChI=1S/C14H12F3NO2/c1-9(14(15,16)17)5-4-8-18-12(19)10-6-2-3-7-11(10)13(18)20/h2-3,6-7H,1,4-5,8H2. The van der Waals surface area contributed by atoms with Crippen LogP contribution in [0.4, 0.5) is 13.2 Å². The van der Waals surface area contributed by atoms with Gasteiger partial charge >= 0.3 is 6.18 Å². The zero-order valence-electron chi connectivity index (χ0n) is 10.5. The average Bonchev–Trinajstić information content (AvgIpc) is 2.63. The molecule has 1 aromatic rings. The number of carbonyl (C=O) groups is 2. The highest BCUT2D eigenvalue weighted by atomic mass is 19.4. The van der Waals surface area contributed by atoms with Crippen LogP contribution >= 0.6 is 0 Å². The van der Waals surface area contributed by atoms with E-state index in [0.717, 1.165) is 4.90 Å². The molecule has 1 aromatic carbocycles. The number of fused-ring (bicyclic) bond motifs is 1. The fraction of sp³-hybridized carbons (Fsp3) is 0.286. The third-order valence-corrected chi connectivity index (χ3v) is 3.14. The highest BCUT2D eigenvalue weighted by Crippen LogP contribution is 2.28. The Balaban J connectivity index is 1.98. The maximum absolute atomic E-state index is 12.3. The van der Waals surface area contributed by atoms with Crippen LogP contribution in [0, 0.1) is 0 Å². The molecular weight excluding hydrogens is 271 g/mol. The normalized spacial score (nSPS) is 14.7. The van der Waals surface area contributed by atoms with E-state index in [1.165, 1.54) is 12.1 Å². The van der Waals surface area contributed by atoms with Crippen LogP contribution in [0.5, 0.6) is 0 Å². The number of rotatable bonds is 4. The van der Waals surface area contributed by atoms with Crippen molar-refractivity contribution in [2.75, 3.05) is 6.54 Å². The molecule has 0 radical (unpaired) electrons. The van der Waals surface area contributed by atoms with E-state index in [4.69, 9.17) is 0 Å². The van der Waals surface area contributed by atoms with Crippen molar-refractivity contribution in [3.8, 4) is 0 Å². The van der Waals surface area contributed by atoms with Gasteiger partial charge < -0.3 is 0 Å². The molecule has 0 fully saturated rings. The van der Waals surface area contributed by atoms with Crippen molar-refractivity contribution >= 4 is 11.8 Å². The lowest BCUT2D eigenvalue weighted by Gasteiger charge is -2.15. The molecule has 0 N–H and O–H groups in total. The lowest BCUT2D eigenvalue weighted by atomic mass is 10.1. The third kappa shape index (κ3) is 2.59. The van der Waals surface area contributed by atoms with Crippen molar-refractivity contribution in [2.45, 2.75) is 19.0 Å². The fourth-order valence-corrected chi connectivity index (χ4v) is 2.03. The maximum atomic E-state index is 12.3. The van der Waals surface area contributed by atoms with E-state index in [9.17, 15) is 22.8 Å². The second-order valence-corrected chi connectivity index (χ2v) is 4.51. The summed E-state index contributed by atoms with van der Waals surface area (Å²) in [5.41, 5.74) is -0.256. The Kier molecular flexibility index (Phi) is 3.65. The van der Waals surface area contributed by atoms with E-state index in [0.29, 0.717) is 11.1 Å². The summed E-state index contributed by atoms with van der Waals surface area (Å²) in [6.45, 7) is 2.91. The van der Waals surface area contributed by atoms with Gasteiger partial charge in [0.05, 0.1) is 11.1 Å². The summed E-state index contributed by atoms with van der Waals surface area (Å²) >= 11 is 0. The quantitative estimate of drug-likeness (QED) is 0.628. The van der Waals surface area contributed by atoms with Gasteiger partial charge in [-0.1, -0.05) is 18.7 Å². The fourth-order valence-electron chi connectivity index (χ4n) is 2.03. The molecule has 0 aliphatic carbocycles. The minimum absolute atomic E-state index is 0.0402. The first kappa shape index (κ1) is 14.3. The zero-order valence-corrected chi connectivity index (χ0v) is 10.5. The average molecular weight is 283 g/mol. The van der Waals surface area contributed by atoms with Crippen molar-refractivity contribution in [3.05, 3.63) is 47.5 Å². The van der Waals surface area contributed by atoms with Crippen molar-refractivity contribution in [2.24, 2.45) is 0 Å². The Morgan fingerprint density at radius 3 is 2.05 bits per heavy atom. The van der Waals surface area contributed by atoms with Gasteiger partial charge in [-0.3, -0.25) is 14.5 Å². The predicted octanol–water partition coefficient (Wildman–Crippen LogP) is 3.18. The Morgan fingerprint density at radius 2 is 1.60 bits per heavy atom. The van der Waals surface area contributed by atoms with Crippen LogP contribution in [0.25, 0.3) is 0 Å². The number of benzene rings is 1. The van der Waals surface area contributed by atoms with Gasteiger partial charge in [-0.2, -0.15) is 13.2 Å². The van der Waals surface area contributed by atoms with Gasteiger partial charge in [0.15, 0.2) is 0 Å². The molecule has 0 bridgehead atoms. The van der Waals surface area contributed by atoms with E-state index in [2.05, 4.69) is 6.58 Å². The minimum Gasteiger partial charge on any atom is -0.274 e. The molecule has 106 valence electrons. The lowest BCUT2D eigenvalue weighted by molar-refractivity contribution is -0.0937. The van der Waals surface area contributed by atoms with E-state index in [1.807, 2.05) is 0 Å². The summed E-state index contributed by atoms with van der Waals surface area (Å²) in [4.78, 5) is 24.9. The number of alkyl halides is 3. The third-order valence-electron chi connectivity index (χ3n) is 3.14. The molecule has 0 saturated carbocycles. The molecule has 2 rings (SSSR count). The smallest absolute Gasteiger partial charge is 0.274 e. The Bertz CT molecular complexity index is 543. The number of allylic oxidation sites excluding steroid dienone is 1. The molecule has 2 amide bonds. The van der Waals surface area contributed by atoms with Gasteiger partial charge in [0, 0.05) is 12.1 Å². The first-order chi connectivity index (χ1) is 9.32. The van der Waals surface area contributed by atoms with E-state index < -0.39 is 23.6 Å². The molecule has 1 heterocycles. The van der Waals surface area contributed by atoms with Gasteiger partial charge in [-0.05, 0) is 25.0 Å². The molecule has 1 aliphatic rings. The first-order valence-electron chi connectivity index (χ1n) is 6.02. The van der Waals surface area contributed by atoms with Crippen LogP contribution in [0.1, 0.15) is 33.6 Å². The van der Waals surface area contributed by atoms with Crippen LogP contribution in [0.2, 0.25) is 0 Å². The first-order valence-corrected chi connectivity index (χ1v) is 6.02. The summed E-state index contributed by atoms with van der Waals surface area (Å²) in [7, 11) is 0. The van der Waals surface area contributed by atoms with Gasteiger partial charge in [0.2, 0.25) is 0 Å². The monoisotopic (exact) mass is 283 g/mol. The van der Waals surface area contributed by atoms with Crippen molar-refractivity contribution in [1.29, 1.82) is 0 Å². The van der Waals surface area contributed by atoms with E-state index in [1.54, 1.807) is 12.1 Å². The molecule has 0 saturated heterocycles. The van der Waals surface area contributed by atoms with Crippen molar-refractivity contribution in [3.63, 3.8) is 0 Å². The molecule has 1 aliphatic heterocycles. The predicted molar refractivity (Wildman–Crippen MR) is 66.2 cm³/mol. The summed E-state index contributed by atoms with van der Waals surface area (Å²) in [6.07, 6.45) is -4.68. The summed E-state index contributed by atoms with van der Waals surface area (Å²) < 4.78 is 36.8. The molecule has 0 aromatic heterocycles. The second-order valence-electron chi connectivity index (χ2n) is 4.51. The Morgan fingerprint density at radius 1 is 1.10 bits per heavy atom. The molecule has 0 atom stereocenters. The van der Waals surface area contributed by atoms with Crippen LogP contribution in [-0.2, 0) is 0 Å². The molecule has 20 heavy (non-hydrogen) atoms. The summed E-state index contributed by atoms with van der Waals surface area (Å²) in [6, 6.07) is 6.34. The Hall–Kier alpha value is -2.11. The number of imide groups is 1. The number of halogens is 3.